The molecule has 0 aliphatic heterocycles. The molecule has 0 bridgehead atoms. The highest BCUT2D eigenvalue weighted by atomic mass is 16.3. The second kappa shape index (κ2) is 7.85. The van der Waals surface area contributed by atoms with Gasteiger partial charge in [0.2, 0.25) is 5.91 Å². The zero-order valence-corrected chi connectivity index (χ0v) is 12.7. The Morgan fingerprint density at radius 3 is 2.37 bits per heavy atom. The molecule has 4 heteroatoms. The van der Waals surface area contributed by atoms with Crippen LogP contribution in [0.2, 0.25) is 0 Å². The van der Waals surface area contributed by atoms with E-state index in [4.69, 9.17) is 0 Å². The molecular weight excluding hydrogens is 240 g/mol. The predicted octanol–water partition coefficient (Wildman–Crippen LogP) is 1.82. The van der Waals surface area contributed by atoms with E-state index in [0.29, 0.717) is 5.92 Å². The van der Waals surface area contributed by atoms with Crippen LogP contribution in [0.15, 0.2) is 0 Å². The summed E-state index contributed by atoms with van der Waals surface area (Å²) in [5, 5.41) is 15.9. The van der Waals surface area contributed by atoms with Gasteiger partial charge in [0, 0.05) is 12.1 Å². The molecule has 1 saturated carbocycles. The van der Waals surface area contributed by atoms with Crippen LogP contribution < -0.4 is 10.6 Å². The van der Waals surface area contributed by atoms with Gasteiger partial charge in [0.05, 0.1) is 12.6 Å². The van der Waals surface area contributed by atoms with Gasteiger partial charge in [0.15, 0.2) is 0 Å². The molecular formula is C15H30N2O2. The van der Waals surface area contributed by atoms with Gasteiger partial charge in [-0.25, -0.2) is 0 Å². The van der Waals surface area contributed by atoms with Crippen LogP contribution in [0, 0.1) is 5.92 Å². The van der Waals surface area contributed by atoms with Crippen molar-refractivity contribution < 1.29 is 9.90 Å². The molecule has 1 unspecified atom stereocenters. The lowest BCUT2D eigenvalue weighted by Crippen LogP contribution is -2.57. The summed E-state index contributed by atoms with van der Waals surface area (Å²) in [6.45, 7) is 7.04. The molecule has 1 rings (SSSR count). The number of rotatable bonds is 7. The molecule has 1 fully saturated rings. The van der Waals surface area contributed by atoms with E-state index in [1.807, 2.05) is 6.92 Å². The first-order valence-electron chi connectivity index (χ1n) is 7.65. The number of amides is 1. The summed E-state index contributed by atoms with van der Waals surface area (Å²) in [4.78, 5) is 12.0. The van der Waals surface area contributed by atoms with E-state index in [9.17, 15) is 9.90 Å². The maximum absolute atomic E-state index is 12.0. The van der Waals surface area contributed by atoms with Crippen molar-refractivity contribution in [3.63, 3.8) is 0 Å². The van der Waals surface area contributed by atoms with Crippen molar-refractivity contribution in [3.05, 3.63) is 0 Å². The highest BCUT2D eigenvalue weighted by Crippen LogP contribution is 2.28. The average Bonchev–Trinajstić information content (AvgIpc) is 2.39. The molecule has 0 aromatic heterocycles. The molecule has 1 atom stereocenters. The smallest absolute Gasteiger partial charge is 0.236 e. The maximum atomic E-state index is 12.0. The quantitative estimate of drug-likeness (QED) is 0.661. The minimum absolute atomic E-state index is 0.0408. The second-order valence-electron chi connectivity index (χ2n) is 6.34. The number of carbonyl (C=O) groups is 1. The van der Waals surface area contributed by atoms with Gasteiger partial charge >= 0.3 is 0 Å². The SMILES string of the molecule is CC(C)CCNC(=O)C(C)NC1(CO)CCCCC1. The minimum atomic E-state index is -0.243. The Bertz CT molecular complexity index is 273. The van der Waals surface area contributed by atoms with Crippen molar-refractivity contribution in [2.24, 2.45) is 5.92 Å². The van der Waals surface area contributed by atoms with Crippen LogP contribution in [-0.4, -0.2) is 35.7 Å². The zero-order chi connectivity index (χ0) is 14.3. The fourth-order valence-electron chi connectivity index (χ4n) is 2.74. The molecule has 0 spiro atoms. The molecule has 1 aliphatic rings. The van der Waals surface area contributed by atoms with E-state index in [1.165, 1.54) is 6.42 Å². The largest absolute Gasteiger partial charge is 0.394 e. The predicted molar refractivity (Wildman–Crippen MR) is 78.0 cm³/mol. The van der Waals surface area contributed by atoms with Crippen LogP contribution in [0.3, 0.4) is 0 Å². The summed E-state index contributed by atoms with van der Waals surface area (Å²) in [5.74, 6) is 0.643. The highest BCUT2D eigenvalue weighted by molar-refractivity contribution is 5.81. The van der Waals surface area contributed by atoms with Crippen molar-refractivity contribution in [2.75, 3.05) is 13.2 Å². The lowest BCUT2D eigenvalue weighted by atomic mass is 9.82. The molecule has 0 aromatic rings. The lowest BCUT2D eigenvalue weighted by Gasteiger charge is -2.38. The van der Waals surface area contributed by atoms with Crippen molar-refractivity contribution >= 4 is 5.91 Å². The molecule has 0 aromatic carbocycles. The fraction of sp³-hybridized carbons (Fsp3) is 0.933. The Balaban J connectivity index is 2.38. The van der Waals surface area contributed by atoms with Crippen LogP contribution in [0.5, 0.6) is 0 Å². The molecule has 0 heterocycles. The van der Waals surface area contributed by atoms with E-state index in [1.54, 1.807) is 0 Å². The topological polar surface area (TPSA) is 61.4 Å². The van der Waals surface area contributed by atoms with Gasteiger partial charge < -0.3 is 10.4 Å². The summed E-state index contributed by atoms with van der Waals surface area (Å²) in [5.41, 5.74) is -0.243. The van der Waals surface area contributed by atoms with Gasteiger partial charge in [-0.15, -0.1) is 0 Å². The fourth-order valence-corrected chi connectivity index (χ4v) is 2.74. The molecule has 19 heavy (non-hydrogen) atoms. The van der Waals surface area contributed by atoms with E-state index < -0.39 is 0 Å². The Morgan fingerprint density at radius 2 is 1.84 bits per heavy atom. The van der Waals surface area contributed by atoms with Crippen LogP contribution in [0.25, 0.3) is 0 Å². The molecule has 0 radical (unpaired) electrons. The minimum Gasteiger partial charge on any atom is -0.394 e. The van der Waals surface area contributed by atoms with Gasteiger partial charge in [-0.3, -0.25) is 10.1 Å². The normalized spacial score (nSPS) is 20.3. The molecule has 0 saturated heterocycles. The highest BCUT2D eigenvalue weighted by Gasteiger charge is 2.33. The zero-order valence-electron chi connectivity index (χ0n) is 12.7. The van der Waals surface area contributed by atoms with Crippen LogP contribution in [-0.2, 0) is 4.79 Å². The van der Waals surface area contributed by atoms with Gasteiger partial charge in [0.1, 0.15) is 0 Å². The third-order valence-electron chi connectivity index (χ3n) is 4.05. The van der Waals surface area contributed by atoms with E-state index in [2.05, 4.69) is 24.5 Å². The first-order valence-corrected chi connectivity index (χ1v) is 7.65. The summed E-state index contributed by atoms with van der Waals surface area (Å²) < 4.78 is 0. The van der Waals surface area contributed by atoms with Crippen LogP contribution in [0.4, 0.5) is 0 Å². The summed E-state index contributed by atoms with van der Waals surface area (Å²) in [6, 6.07) is -0.239. The Morgan fingerprint density at radius 1 is 1.21 bits per heavy atom. The van der Waals surface area contributed by atoms with Crippen molar-refractivity contribution in [1.82, 2.24) is 10.6 Å². The third-order valence-corrected chi connectivity index (χ3v) is 4.05. The van der Waals surface area contributed by atoms with Crippen LogP contribution in [0.1, 0.15) is 59.3 Å². The molecule has 1 aliphatic carbocycles. The maximum Gasteiger partial charge on any atom is 0.236 e. The van der Waals surface area contributed by atoms with Crippen molar-refractivity contribution in [3.8, 4) is 0 Å². The monoisotopic (exact) mass is 270 g/mol. The van der Waals surface area contributed by atoms with Gasteiger partial charge in [-0.2, -0.15) is 0 Å². The molecule has 4 nitrogen and oxygen atoms in total. The number of carbonyl (C=O) groups excluding carboxylic acids is 1. The second-order valence-corrected chi connectivity index (χ2v) is 6.34. The number of aliphatic hydroxyl groups is 1. The van der Waals surface area contributed by atoms with Crippen LogP contribution >= 0.6 is 0 Å². The summed E-state index contributed by atoms with van der Waals surface area (Å²) in [6.07, 6.45) is 6.44. The third kappa shape index (κ3) is 5.49. The number of nitrogens with one attached hydrogen (secondary N) is 2. The van der Waals surface area contributed by atoms with E-state index >= 15 is 0 Å². The molecule has 1 amide bonds. The number of hydrogen-bond donors (Lipinski definition) is 3. The first kappa shape index (κ1) is 16.4. The number of hydrogen-bond acceptors (Lipinski definition) is 3. The van der Waals surface area contributed by atoms with Crippen molar-refractivity contribution in [1.29, 1.82) is 0 Å². The Hall–Kier alpha value is -0.610. The summed E-state index contributed by atoms with van der Waals surface area (Å²) in [7, 11) is 0. The average molecular weight is 270 g/mol. The standard InChI is InChI=1S/C15H30N2O2/c1-12(2)7-10-16-14(19)13(3)17-15(11-18)8-5-4-6-9-15/h12-13,17-18H,4-11H2,1-3H3,(H,16,19). The van der Waals surface area contributed by atoms with E-state index in [0.717, 1.165) is 38.6 Å². The Kier molecular flexibility index (Phi) is 6.80. The first-order chi connectivity index (χ1) is 8.99. The van der Waals surface area contributed by atoms with Crippen molar-refractivity contribution in [2.45, 2.75) is 70.9 Å². The van der Waals surface area contributed by atoms with Gasteiger partial charge in [-0.05, 0) is 32.1 Å². The molecule has 3 N–H and O–H groups in total. The summed E-state index contributed by atoms with van der Waals surface area (Å²) >= 11 is 0. The Labute approximate surface area is 117 Å². The van der Waals surface area contributed by atoms with Gasteiger partial charge in [0.25, 0.3) is 0 Å². The van der Waals surface area contributed by atoms with E-state index in [-0.39, 0.29) is 24.1 Å². The lowest BCUT2D eigenvalue weighted by molar-refractivity contribution is -0.123. The van der Waals surface area contributed by atoms with Gasteiger partial charge in [-0.1, -0.05) is 33.1 Å². The number of aliphatic hydroxyl groups excluding tert-OH is 1. The molecule has 112 valence electrons.